The Morgan fingerprint density at radius 2 is 2.16 bits per heavy atom. The van der Waals surface area contributed by atoms with Crippen LogP contribution in [0.2, 0.25) is 0 Å². The minimum absolute atomic E-state index is 0.0990. The second kappa shape index (κ2) is 4.81. The molecule has 1 unspecified atom stereocenters. The standard InChI is InChI=1S/C10H16N2O4S3/c1-3-12-8-4-6(2)18(13,14)10-7(8)5-9(17-10)19(11,15)16/h5-6,8,12H,3-4H2,1-2H3,(H2,11,15,16)/t6-,8?/m1/s1. The quantitative estimate of drug-likeness (QED) is 0.847. The Morgan fingerprint density at radius 1 is 1.53 bits per heavy atom. The summed E-state index contributed by atoms with van der Waals surface area (Å²) < 4.78 is 47.3. The summed E-state index contributed by atoms with van der Waals surface area (Å²) in [6.45, 7) is 4.23. The van der Waals surface area contributed by atoms with Crippen molar-refractivity contribution >= 4 is 31.2 Å². The summed E-state index contributed by atoms with van der Waals surface area (Å²) >= 11 is 0.742. The van der Waals surface area contributed by atoms with Crippen molar-refractivity contribution in [1.29, 1.82) is 0 Å². The van der Waals surface area contributed by atoms with E-state index in [4.69, 9.17) is 5.14 Å². The summed E-state index contributed by atoms with van der Waals surface area (Å²) in [5.74, 6) is 0. The predicted octanol–water partition coefficient (Wildman–Crippen LogP) is 0.612. The highest BCUT2D eigenvalue weighted by Gasteiger charge is 2.39. The topological polar surface area (TPSA) is 106 Å². The molecule has 2 heterocycles. The van der Waals surface area contributed by atoms with Gasteiger partial charge in [0.2, 0.25) is 10.0 Å². The molecular weight excluding hydrogens is 308 g/mol. The van der Waals surface area contributed by atoms with Crippen molar-refractivity contribution in [3.8, 4) is 0 Å². The van der Waals surface area contributed by atoms with E-state index in [0.29, 0.717) is 18.5 Å². The van der Waals surface area contributed by atoms with Gasteiger partial charge < -0.3 is 5.32 Å². The molecule has 0 spiro atoms. The largest absolute Gasteiger partial charge is 0.310 e. The summed E-state index contributed by atoms with van der Waals surface area (Å²) in [5.41, 5.74) is 0.522. The number of sulfone groups is 1. The fourth-order valence-corrected chi connectivity index (χ4v) is 6.60. The van der Waals surface area contributed by atoms with E-state index < -0.39 is 25.1 Å². The first-order valence-electron chi connectivity index (χ1n) is 5.81. The molecule has 19 heavy (non-hydrogen) atoms. The van der Waals surface area contributed by atoms with Crippen LogP contribution in [0.25, 0.3) is 0 Å². The number of nitrogens with two attached hydrogens (primary N) is 1. The van der Waals surface area contributed by atoms with E-state index in [0.717, 1.165) is 11.3 Å². The average Bonchev–Trinajstić information content (AvgIpc) is 2.72. The summed E-state index contributed by atoms with van der Waals surface area (Å²) in [6.07, 6.45) is 0.434. The monoisotopic (exact) mass is 324 g/mol. The normalized spacial score (nSPS) is 26.1. The minimum Gasteiger partial charge on any atom is -0.310 e. The molecule has 2 atom stereocenters. The summed E-state index contributed by atoms with van der Waals surface area (Å²) in [5, 5.41) is 7.73. The van der Waals surface area contributed by atoms with Crippen LogP contribution >= 0.6 is 11.3 Å². The van der Waals surface area contributed by atoms with Crippen LogP contribution in [-0.2, 0) is 19.9 Å². The van der Waals surface area contributed by atoms with Crippen molar-refractivity contribution in [1.82, 2.24) is 5.32 Å². The molecule has 108 valence electrons. The van der Waals surface area contributed by atoms with Gasteiger partial charge in [-0.1, -0.05) is 6.92 Å². The van der Waals surface area contributed by atoms with E-state index in [1.54, 1.807) is 6.92 Å². The lowest BCUT2D eigenvalue weighted by molar-refractivity contribution is 0.477. The second-order valence-corrected chi connectivity index (χ2v) is 9.96. The van der Waals surface area contributed by atoms with Crippen LogP contribution in [0.15, 0.2) is 14.5 Å². The zero-order valence-electron chi connectivity index (χ0n) is 10.6. The molecule has 1 aromatic rings. The second-order valence-electron chi connectivity index (χ2n) is 4.55. The molecule has 0 aromatic carbocycles. The van der Waals surface area contributed by atoms with E-state index in [1.165, 1.54) is 6.07 Å². The number of primary sulfonamides is 1. The van der Waals surface area contributed by atoms with Gasteiger partial charge in [0, 0.05) is 11.6 Å². The van der Waals surface area contributed by atoms with E-state index in [1.807, 2.05) is 6.92 Å². The number of nitrogens with one attached hydrogen (secondary N) is 1. The molecule has 3 N–H and O–H groups in total. The molecule has 0 bridgehead atoms. The zero-order chi connectivity index (χ0) is 14.4. The van der Waals surface area contributed by atoms with Gasteiger partial charge in [0.15, 0.2) is 9.84 Å². The highest BCUT2D eigenvalue weighted by Crippen LogP contribution is 2.42. The Balaban J connectivity index is 2.64. The van der Waals surface area contributed by atoms with Crippen molar-refractivity contribution in [3.63, 3.8) is 0 Å². The van der Waals surface area contributed by atoms with E-state index >= 15 is 0 Å². The van der Waals surface area contributed by atoms with Gasteiger partial charge in [-0.15, -0.1) is 11.3 Å². The first kappa shape index (κ1) is 14.9. The summed E-state index contributed by atoms with van der Waals surface area (Å²) in [7, 11) is -7.33. The van der Waals surface area contributed by atoms with Crippen molar-refractivity contribution in [2.75, 3.05) is 6.54 Å². The molecule has 0 saturated heterocycles. The van der Waals surface area contributed by atoms with Crippen LogP contribution in [0.5, 0.6) is 0 Å². The first-order valence-corrected chi connectivity index (χ1v) is 9.72. The summed E-state index contributed by atoms with van der Waals surface area (Å²) in [6, 6.07) is 1.23. The third-order valence-electron chi connectivity index (χ3n) is 3.16. The Morgan fingerprint density at radius 3 is 2.68 bits per heavy atom. The molecule has 6 nitrogen and oxygen atoms in total. The van der Waals surface area contributed by atoms with Crippen molar-refractivity contribution in [2.45, 2.75) is 40.0 Å². The molecule has 2 rings (SSSR count). The number of fused-ring (bicyclic) bond motifs is 1. The van der Waals surface area contributed by atoms with Gasteiger partial charge in [0.1, 0.15) is 8.42 Å². The lowest BCUT2D eigenvalue weighted by Gasteiger charge is -2.27. The fourth-order valence-electron chi connectivity index (χ4n) is 2.18. The fraction of sp³-hybridized carbons (Fsp3) is 0.600. The maximum absolute atomic E-state index is 12.2. The van der Waals surface area contributed by atoms with E-state index in [-0.39, 0.29) is 14.5 Å². The van der Waals surface area contributed by atoms with Gasteiger partial charge >= 0.3 is 0 Å². The number of thiophene rings is 1. The van der Waals surface area contributed by atoms with Crippen LogP contribution in [-0.4, -0.2) is 28.6 Å². The third-order valence-corrected chi connectivity index (χ3v) is 8.48. The van der Waals surface area contributed by atoms with Crippen LogP contribution in [0.3, 0.4) is 0 Å². The molecule has 0 aliphatic carbocycles. The number of hydrogen-bond acceptors (Lipinski definition) is 6. The number of hydrogen-bond donors (Lipinski definition) is 2. The van der Waals surface area contributed by atoms with Gasteiger partial charge in [-0.25, -0.2) is 22.0 Å². The molecule has 1 aliphatic heterocycles. The van der Waals surface area contributed by atoms with Crippen molar-refractivity contribution < 1.29 is 16.8 Å². The lowest BCUT2D eigenvalue weighted by atomic mass is 10.1. The molecule has 0 radical (unpaired) electrons. The molecule has 0 amide bonds. The SMILES string of the molecule is CCNC1C[C@@H](C)S(=O)(=O)c2sc(S(N)(=O)=O)cc21. The number of sulfonamides is 1. The van der Waals surface area contributed by atoms with Crippen molar-refractivity contribution in [3.05, 3.63) is 11.6 Å². The van der Waals surface area contributed by atoms with Gasteiger partial charge in [-0.05, 0) is 26.0 Å². The van der Waals surface area contributed by atoms with Crippen LogP contribution < -0.4 is 10.5 Å². The molecule has 0 fully saturated rings. The Bertz CT molecular complexity index is 690. The molecule has 9 heteroatoms. The highest BCUT2D eigenvalue weighted by molar-refractivity contribution is 7.95. The minimum atomic E-state index is -3.88. The van der Waals surface area contributed by atoms with Gasteiger partial charge in [-0.3, -0.25) is 0 Å². The Labute approximate surface area is 117 Å². The Hall–Kier alpha value is -0.480. The maximum atomic E-state index is 12.2. The van der Waals surface area contributed by atoms with E-state index in [9.17, 15) is 16.8 Å². The third kappa shape index (κ3) is 2.57. The molecule has 1 aliphatic rings. The number of rotatable bonds is 3. The lowest BCUT2D eigenvalue weighted by Crippen LogP contribution is -2.33. The predicted molar refractivity (Wildman–Crippen MR) is 73.4 cm³/mol. The summed E-state index contributed by atoms with van der Waals surface area (Å²) in [4.78, 5) is 0. The maximum Gasteiger partial charge on any atom is 0.247 e. The molecular formula is C10H16N2O4S3. The van der Waals surface area contributed by atoms with Crippen molar-refractivity contribution in [2.24, 2.45) is 5.14 Å². The molecule has 0 saturated carbocycles. The van der Waals surface area contributed by atoms with Gasteiger partial charge in [0.25, 0.3) is 0 Å². The smallest absolute Gasteiger partial charge is 0.247 e. The van der Waals surface area contributed by atoms with E-state index in [2.05, 4.69) is 5.32 Å². The van der Waals surface area contributed by atoms with Crippen LogP contribution in [0.4, 0.5) is 0 Å². The average molecular weight is 324 g/mol. The van der Waals surface area contributed by atoms with Gasteiger partial charge in [0.05, 0.1) is 5.25 Å². The van der Waals surface area contributed by atoms with Crippen LogP contribution in [0, 0.1) is 0 Å². The zero-order valence-corrected chi connectivity index (χ0v) is 13.0. The highest BCUT2D eigenvalue weighted by atomic mass is 32.3. The Kier molecular flexibility index (Phi) is 3.78. The first-order chi connectivity index (χ1) is 8.67. The molecule has 1 aromatic heterocycles. The van der Waals surface area contributed by atoms with Gasteiger partial charge in [-0.2, -0.15) is 0 Å². The van der Waals surface area contributed by atoms with Crippen LogP contribution in [0.1, 0.15) is 31.9 Å².